The first kappa shape index (κ1) is 22.5. The van der Waals surface area contributed by atoms with E-state index in [1.54, 1.807) is 0 Å². The van der Waals surface area contributed by atoms with Gasteiger partial charge < -0.3 is 9.13 Å². The van der Waals surface area contributed by atoms with Crippen molar-refractivity contribution in [1.82, 2.24) is 9.13 Å². The van der Waals surface area contributed by atoms with Crippen LogP contribution >= 0.6 is 0 Å². The number of rotatable bonds is 2. The van der Waals surface area contributed by atoms with E-state index >= 15 is 0 Å². The zero-order chi connectivity index (χ0) is 26.9. The summed E-state index contributed by atoms with van der Waals surface area (Å²) in [5.41, 5.74) is 8.76. The van der Waals surface area contributed by atoms with Crippen LogP contribution in [-0.2, 0) is 6.42 Å². The molecule has 9 rings (SSSR count). The Balaban J connectivity index is 1.32. The fourth-order valence-electron chi connectivity index (χ4n) is 6.95. The Hall–Kier alpha value is -5.34. The van der Waals surface area contributed by atoms with Gasteiger partial charge in [-0.15, -0.1) is 0 Å². The van der Waals surface area contributed by atoms with Crippen LogP contribution in [0.4, 0.5) is 0 Å². The lowest BCUT2D eigenvalue weighted by Crippen LogP contribution is -2.00. The fourth-order valence-corrected chi connectivity index (χ4v) is 6.95. The van der Waals surface area contributed by atoms with Crippen LogP contribution in [0.1, 0.15) is 11.3 Å². The first-order chi connectivity index (χ1) is 20.4. The van der Waals surface area contributed by atoms with Crippen molar-refractivity contribution in [2.75, 3.05) is 0 Å². The first-order valence-corrected chi connectivity index (χ1v) is 14.3. The molecule has 1 aliphatic carbocycles. The third-order valence-electron chi connectivity index (χ3n) is 8.75. The van der Waals surface area contributed by atoms with Crippen LogP contribution in [-0.4, -0.2) is 9.13 Å². The van der Waals surface area contributed by atoms with E-state index in [4.69, 9.17) is 0 Å². The SMILES string of the molecule is C1=CCc2c(n(-c3ccc(-n4c5ccccc5c5ccc6ccccc6c54)cc3)c3c2ccc2ccccc23)C=C1. The quantitative estimate of drug-likeness (QED) is 0.214. The lowest BCUT2D eigenvalue weighted by Gasteiger charge is -2.14. The molecule has 0 atom stereocenters. The van der Waals surface area contributed by atoms with Gasteiger partial charge in [0.05, 0.1) is 22.2 Å². The predicted octanol–water partition coefficient (Wildman–Crippen LogP) is 10.2. The Bertz CT molecular complexity index is 2380. The molecule has 2 nitrogen and oxygen atoms in total. The summed E-state index contributed by atoms with van der Waals surface area (Å²) in [6, 6.07) is 44.4. The van der Waals surface area contributed by atoms with E-state index in [0.29, 0.717) is 0 Å². The molecule has 0 N–H and O–H groups in total. The van der Waals surface area contributed by atoms with E-state index < -0.39 is 0 Å². The molecule has 8 aromatic rings. The molecule has 0 aliphatic heterocycles. The average molecular weight is 523 g/mol. The molecule has 1 aliphatic rings. The molecule has 2 aromatic heterocycles. The van der Waals surface area contributed by atoms with Gasteiger partial charge in [-0.25, -0.2) is 0 Å². The van der Waals surface area contributed by atoms with Gasteiger partial charge in [0, 0.05) is 38.3 Å². The van der Waals surface area contributed by atoms with Gasteiger partial charge in [0.1, 0.15) is 0 Å². The van der Waals surface area contributed by atoms with Crippen LogP contribution in [0.2, 0.25) is 0 Å². The third kappa shape index (κ3) is 3.19. The summed E-state index contributed by atoms with van der Waals surface area (Å²) in [5.74, 6) is 0. The minimum atomic E-state index is 0.927. The molecule has 0 bridgehead atoms. The van der Waals surface area contributed by atoms with Crippen molar-refractivity contribution >= 4 is 60.3 Å². The summed E-state index contributed by atoms with van der Waals surface area (Å²) in [5, 5.41) is 8.98. The molecular formula is C39H26N2. The minimum Gasteiger partial charge on any atom is -0.309 e. The molecule has 0 amide bonds. The highest BCUT2D eigenvalue weighted by atomic mass is 15.0. The summed E-state index contributed by atoms with van der Waals surface area (Å²) < 4.78 is 4.89. The number of aromatic nitrogens is 2. The van der Waals surface area contributed by atoms with E-state index in [1.165, 1.54) is 76.9 Å². The van der Waals surface area contributed by atoms with E-state index in [2.05, 4.69) is 155 Å². The van der Waals surface area contributed by atoms with Crippen molar-refractivity contribution < 1.29 is 0 Å². The zero-order valence-electron chi connectivity index (χ0n) is 22.5. The highest BCUT2D eigenvalue weighted by Crippen LogP contribution is 2.39. The van der Waals surface area contributed by atoms with Crippen LogP contribution in [0.25, 0.3) is 71.7 Å². The maximum absolute atomic E-state index is 2.46. The van der Waals surface area contributed by atoms with E-state index in [1.807, 2.05) is 0 Å². The summed E-state index contributed by atoms with van der Waals surface area (Å²) >= 11 is 0. The molecule has 0 spiro atoms. The summed E-state index contributed by atoms with van der Waals surface area (Å²) in [6.07, 6.45) is 9.78. The first-order valence-electron chi connectivity index (χ1n) is 14.3. The van der Waals surface area contributed by atoms with Crippen LogP contribution in [0.3, 0.4) is 0 Å². The smallest absolute Gasteiger partial charge is 0.0619 e. The average Bonchev–Trinajstić information content (AvgIpc) is 3.42. The number of nitrogens with zero attached hydrogens (tertiary/aromatic N) is 2. The standard InChI is InChI=1S/C39H26N2/c1-2-14-32-34-24-18-26-10-4-6-12-30(26)38(34)40(36(32)16-3-1)28-20-22-29(23-21-28)41-37-17-9-8-15-33(37)35-25-19-27-11-5-7-13-31(27)39(35)41/h1-13,15-25H,14H2. The second kappa shape index (κ2) is 8.58. The molecule has 0 saturated heterocycles. The maximum atomic E-state index is 2.46. The Morgan fingerprint density at radius 2 is 1.02 bits per heavy atom. The third-order valence-corrected chi connectivity index (χ3v) is 8.75. The van der Waals surface area contributed by atoms with Gasteiger partial charge in [-0.1, -0.05) is 109 Å². The molecule has 192 valence electrons. The van der Waals surface area contributed by atoms with Crippen molar-refractivity contribution in [2.24, 2.45) is 0 Å². The van der Waals surface area contributed by atoms with Gasteiger partial charge in [0.2, 0.25) is 0 Å². The van der Waals surface area contributed by atoms with Gasteiger partial charge in [0.25, 0.3) is 0 Å². The largest absolute Gasteiger partial charge is 0.309 e. The summed E-state index contributed by atoms with van der Waals surface area (Å²) in [7, 11) is 0. The molecule has 2 heteroatoms. The van der Waals surface area contributed by atoms with Gasteiger partial charge >= 0.3 is 0 Å². The molecule has 0 unspecified atom stereocenters. The van der Waals surface area contributed by atoms with Gasteiger partial charge in [0.15, 0.2) is 0 Å². The number of fused-ring (bicyclic) bond motifs is 10. The molecule has 6 aromatic carbocycles. The lowest BCUT2D eigenvalue weighted by atomic mass is 10.0. The van der Waals surface area contributed by atoms with Crippen LogP contribution in [0.15, 0.2) is 140 Å². The van der Waals surface area contributed by atoms with Crippen molar-refractivity contribution in [2.45, 2.75) is 6.42 Å². The Morgan fingerprint density at radius 3 is 1.76 bits per heavy atom. The molecular weight excluding hydrogens is 496 g/mol. The number of hydrogen-bond acceptors (Lipinski definition) is 0. The van der Waals surface area contributed by atoms with Gasteiger partial charge in [-0.2, -0.15) is 0 Å². The second-order valence-electron chi connectivity index (χ2n) is 10.9. The zero-order valence-corrected chi connectivity index (χ0v) is 22.5. The Labute approximate surface area is 237 Å². The topological polar surface area (TPSA) is 9.86 Å². The fraction of sp³-hybridized carbons (Fsp3) is 0.0256. The monoisotopic (exact) mass is 522 g/mol. The van der Waals surface area contributed by atoms with Crippen LogP contribution in [0.5, 0.6) is 0 Å². The number of para-hydroxylation sites is 1. The molecule has 0 saturated carbocycles. The number of benzene rings is 6. The highest BCUT2D eigenvalue weighted by Gasteiger charge is 2.20. The lowest BCUT2D eigenvalue weighted by molar-refractivity contribution is 1.08. The van der Waals surface area contributed by atoms with E-state index in [-0.39, 0.29) is 0 Å². The summed E-state index contributed by atoms with van der Waals surface area (Å²) in [6.45, 7) is 0. The van der Waals surface area contributed by atoms with E-state index in [9.17, 15) is 0 Å². The predicted molar refractivity (Wildman–Crippen MR) is 175 cm³/mol. The molecule has 41 heavy (non-hydrogen) atoms. The van der Waals surface area contributed by atoms with Crippen molar-refractivity contribution in [3.05, 3.63) is 151 Å². The van der Waals surface area contributed by atoms with Crippen molar-refractivity contribution in [3.63, 3.8) is 0 Å². The molecule has 2 heterocycles. The number of hydrogen-bond donors (Lipinski definition) is 0. The summed E-state index contributed by atoms with van der Waals surface area (Å²) in [4.78, 5) is 0. The molecule has 0 radical (unpaired) electrons. The Kier molecular flexibility index (Phi) is 4.70. The second-order valence-corrected chi connectivity index (χ2v) is 10.9. The minimum absolute atomic E-state index is 0.927. The van der Waals surface area contributed by atoms with Crippen molar-refractivity contribution in [1.29, 1.82) is 0 Å². The van der Waals surface area contributed by atoms with Crippen molar-refractivity contribution in [3.8, 4) is 11.4 Å². The van der Waals surface area contributed by atoms with Gasteiger partial charge in [-0.05, 0) is 59.2 Å². The normalized spacial score (nSPS) is 13.1. The van der Waals surface area contributed by atoms with E-state index in [0.717, 1.165) is 6.42 Å². The Morgan fingerprint density at radius 1 is 0.439 bits per heavy atom. The number of allylic oxidation sites excluding steroid dienone is 3. The molecule has 0 fully saturated rings. The maximum Gasteiger partial charge on any atom is 0.0619 e. The van der Waals surface area contributed by atoms with Crippen LogP contribution < -0.4 is 0 Å². The van der Waals surface area contributed by atoms with Crippen LogP contribution in [0, 0.1) is 0 Å². The van der Waals surface area contributed by atoms with Gasteiger partial charge in [-0.3, -0.25) is 0 Å². The highest BCUT2D eigenvalue weighted by molar-refractivity contribution is 6.18.